The number of rotatable bonds is 3. The van der Waals surface area contributed by atoms with Crippen LogP contribution in [-0.2, 0) is 13.1 Å². The largest absolute Gasteiger partial charge is 0.489 e. The average Bonchev–Trinajstić information content (AvgIpc) is 3.37. The summed E-state index contributed by atoms with van der Waals surface area (Å²) in [6.07, 6.45) is 5.35. The van der Waals surface area contributed by atoms with Gasteiger partial charge in [-0.05, 0) is 58.7 Å². The Kier molecular flexibility index (Phi) is 5.49. The van der Waals surface area contributed by atoms with E-state index in [1.54, 1.807) is 15.5 Å². The zero-order valence-electron chi connectivity index (χ0n) is 20.2. The van der Waals surface area contributed by atoms with Crippen LogP contribution in [0.4, 0.5) is 4.39 Å². The minimum absolute atomic E-state index is 0.0188. The number of halogens is 2. The lowest BCUT2D eigenvalue weighted by molar-refractivity contribution is -0.000328. The summed E-state index contributed by atoms with van der Waals surface area (Å²) in [5, 5.41) is 5.27. The lowest BCUT2D eigenvalue weighted by Gasteiger charge is -2.46. The third kappa shape index (κ3) is 3.78. The summed E-state index contributed by atoms with van der Waals surface area (Å²) in [5.41, 5.74) is 4.42. The van der Waals surface area contributed by atoms with Gasteiger partial charge in [0.2, 0.25) is 0 Å². The maximum Gasteiger partial charge on any atom is 0.258 e. The van der Waals surface area contributed by atoms with Gasteiger partial charge >= 0.3 is 0 Å². The highest BCUT2D eigenvalue weighted by Gasteiger charge is 2.38. The number of nitrogens with zero attached hydrogens (tertiary/aromatic N) is 5. The molecule has 2 bridgehead atoms. The second kappa shape index (κ2) is 8.45. The molecule has 0 N–H and O–H groups in total. The van der Waals surface area contributed by atoms with Crippen LogP contribution in [0.15, 0.2) is 18.2 Å². The highest BCUT2D eigenvalue weighted by Crippen LogP contribution is 2.36. The van der Waals surface area contributed by atoms with E-state index in [4.69, 9.17) is 16.3 Å². The van der Waals surface area contributed by atoms with E-state index in [-0.39, 0.29) is 12.0 Å². The van der Waals surface area contributed by atoms with Crippen molar-refractivity contribution in [2.24, 2.45) is 0 Å². The number of carbonyl (C=O) groups excluding carboxylic acids is 1. The number of hydrogen-bond donors (Lipinski definition) is 0. The third-order valence-corrected chi connectivity index (χ3v) is 8.55. The first-order valence-electron chi connectivity index (χ1n) is 12.3. The van der Waals surface area contributed by atoms with Gasteiger partial charge < -0.3 is 14.5 Å². The van der Waals surface area contributed by atoms with E-state index >= 15 is 0 Å². The molecule has 2 saturated heterocycles. The molecule has 5 heterocycles. The molecule has 2 aromatic heterocycles. The molecule has 9 heteroatoms. The number of benzene rings is 1. The number of carbonyl (C=O) groups is 1. The number of fused-ring (bicyclic) bond motifs is 5. The van der Waals surface area contributed by atoms with Crippen molar-refractivity contribution >= 4 is 23.2 Å². The van der Waals surface area contributed by atoms with Crippen molar-refractivity contribution < 1.29 is 13.9 Å². The average molecular weight is 498 g/mol. The molecule has 7 nitrogen and oxygen atoms in total. The highest BCUT2D eigenvalue weighted by atomic mass is 35.5. The van der Waals surface area contributed by atoms with Gasteiger partial charge in [0.15, 0.2) is 5.65 Å². The van der Waals surface area contributed by atoms with Gasteiger partial charge in [-0.2, -0.15) is 5.10 Å². The molecule has 0 radical (unpaired) electrons. The Morgan fingerprint density at radius 1 is 1.17 bits per heavy atom. The first-order chi connectivity index (χ1) is 16.8. The smallest absolute Gasteiger partial charge is 0.258 e. The van der Waals surface area contributed by atoms with Crippen molar-refractivity contribution in [1.29, 1.82) is 0 Å². The van der Waals surface area contributed by atoms with Crippen molar-refractivity contribution in [2.75, 3.05) is 7.05 Å². The highest BCUT2D eigenvalue weighted by molar-refractivity contribution is 6.31. The molecule has 3 atom stereocenters. The Bertz CT molecular complexity index is 1330. The van der Waals surface area contributed by atoms with Crippen LogP contribution in [0.25, 0.3) is 5.65 Å². The lowest BCUT2D eigenvalue weighted by Crippen LogP contribution is -2.52. The van der Waals surface area contributed by atoms with Crippen molar-refractivity contribution in [3.63, 3.8) is 0 Å². The maximum atomic E-state index is 14.2. The summed E-state index contributed by atoms with van der Waals surface area (Å²) >= 11 is 6.35. The van der Waals surface area contributed by atoms with Gasteiger partial charge in [0.1, 0.15) is 17.7 Å². The lowest BCUT2D eigenvalue weighted by atomic mass is 9.83. The van der Waals surface area contributed by atoms with Crippen LogP contribution < -0.4 is 4.74 Å². The van der Waals surface area contributed by atoms with Crippen LogP contribution in [0, 0.1) is 19.7 Å². The molecule has 0 saturated carbocycles. The fourth-order valence-electron chi connectivity index (χ4n) is 6.04. The minimum atomic E-state index is -0.404. The van der Waals surface area contributed by atoms with Crippen molar-refractivity contribution in [2.45, 2.75) is 77.2 Å². The number of aryl methyl sites for hydroxylation is 2. The monoisotopic (exact) mass is 497 g/mol. The number of piperidine rings is 2. The van der Waals surface area contributed by atoms with E-state index in [1.807, 2.05) is 13.8 Å². The molecule has 1 amide bonds. The molecule has 0 aliphatic carbocycles. The fourth-order valence-corrected chi connectivity index (χ4v) is 6.16. The maximum absolute atomic E-state index is 14.2. The summed E-state index contributed by atoms with van der Waals surface area (Å²) in [4.78, 5) is 22.4. The van der Waals surface area contributed by atoms with Crippen molar-refractivity contribution in [3.8, 4) is 5.75 Å². The van der Waals surface area contributed by atoms with Crippen LogP contribution >= 0.6 is 11.6 Å². The first kappa shape index (κ1) is 22.7. The summed E-state index contributed by atoms with van der Waals surface area (Å²) < 4.78 is 22.3. The molecule has 6 rings (SSSR count). The van der Waals surface area contributed by atoms with Crippen LogP contribution in [-0.4, -0.2) is 55.5 Å². The van der Waals surface area contributed by atoms with Crippen molar-refractivity contribution in [1.82, 2.24) is 24.4 Å². The van der Waals surface area contributed by atoms with E-state index in [2.05, 4.69) is 22.0 Å². The molecule has 3 aromatic rings. The summed E-state index contributed by atoms with van der Waals surface area (Å²) in [5.74, 6) is -0.260. The van der Waals surface area contributed by atoms with E-state index < -0.39 is 5.82 Å². The number of hydrogen-bond acceptors (Lipinski definition) is 5. The Morgan fingerprint density at radius 2 is 1.91 bits per heavy atom. The second-order valence-corrected chi connectivity index (χ2v) is 10.6. The molecular weight excluding hydrogens is 469 g/mol. The number of amides is 1. The van der Waals surface area contributed by atoms with Crippen LogP contribution in [0.2, 0.25) is 5.02 Å². The zero-order valence-corrected chi connectivity index (χ0v) is 21.0. The Labute approximate surface area is 208 Å². The Balaban J connectivity index is 1.25. The molecule has 184 valence electrons. The minimum Gasteiger partial charge on any atom is -0.489 e. The van der Waals surface area contributed by atoms with Gasteiger partial charge in [0, 0.05) is 23.7 Å². The van der Waals surface area contributed by atoms with Crippen LogP contribution in [0.5, 0.6) is 5.75 Å². The number of ether oxygens (including phenoxy) is 1. The third-order valence-electron chi connectivity index (χ3n) is 8.01. The van der Waals surface area contributed by atoms with Gasteiger partial charge in [-0.3, -0.25) is 4.79 Å². The fraction of sp³-hybridized carbons (Fsp3) is 0.500. The van der Waals surface area contributed by atoms with E-state index in [0.29, 0.717) is 41.5 Å². The molecule has 3 aliphatic rings. The first-order valence-corrected chi connectivity index (χ1v) is 12.7. The SMILES string of the molecule is Cc1nc2c3c(nn2c(C)c1Cl)CN(C(=O)c1ccc(F)cc1O[C@@H]1CC2CCC[C@H](C1)N2C)C3. The summed E-state index contributed by atoms with van der Waals surface area (Å²) in [6, 6.07) is 5.19. The molecule has 3 aliphatic heterocycles. The topological polar surface area (TPSA) is 63.0 Å². The number of aromatic nitrogens is 3. The quantitative estimate of drug-likeness (QED) is 0.525. The van der Waals surface area contributed by atoms with Crippen molar-refractivity contribution in [3.05, 3.63) is 57.2 Å². The predicted molar refractivity (Wildman–Crippen MR) is 130 cm³/mol. The van der Waals surface area contributed by atoms with Gasteiger partial charge in [0.05, 0.1) is 40.8 Å². The standard InChI is InChI=1S/C26H29ClFN5O2/c1-14-24(27)15(2)33-25(29-14)21-12-32(13-22(21)30-33)26(34)20-8-7-16(28)9-23(20)35-19-10-17-5-4-6-18(11-19)31(17)3/h7-9,17-19H,4-6,10-13H2,1-3H3/t17-,18?,19+/m1/s1. The Morgan fingerprint density at radius 3 is 2.66 bits per heavy atom. The Hall–Kier alpha value is -2.71. The normalized spacial score (nSPS) is 24.1. The van der Waals surface area contributed by atoms with Gasteiger partial charge in [-0.1, -0.05) is 18.0 Å². The van der Waals surface area contributed by atoms with Gasteiger partial charge in [-0.15, -0.1) is 0 Å². The predicted octanol–water partition coefficient (Wildman–Crippen LogP) is 4.69. The van der Waals surface area contributed by atoms with Gasteiger partial charge in [0.25, 0.3) is 5.91 Å². The molecular formula is C26H29ClFN5O2. The molecule has 1 unspecified atom stereocenters. The zero-order chi connectivity index (χ0) is 24.4. The van der Waals surface area contributed by atoms with E-state index in [0.717, 1.165) is 54.0 Å². The van der Waals surface area contributed by atoms with Crippen LogP contribution in [0.3, 0.4) is 0 Å². The molecule has 35 heavy (non-hydrogen) atoms. The van der Waals surface area contributed by atoms with Crippen LogP contribution in [0.1, 0.15) is 65.1 Å². The van der Waals surface area contributed by atoms with Gasteiger partial charge in [-0.25, -0.2) is 13.9 Å². The summed E-state index contributed by atoms with van der Waals surface area (Å²) in [6.45, 7) is 4.53. The van der Waals surface area contributed by atoms with E-state index in [1.165, 1.54) is 18.6 Å². The molecule has 0 spiro atoms. The second-order valence-electron chi connectivity index (χ2n) is 10.2. The summed E-state index contributed by atoms with van der Waals surface area (Å²) in [7, 11) is 2.19. The molecule has 1 aromatic carbocycles. The molecule has 2 fully saturated rings. The van der Waals surface area contributed by atoms with E-state index in [9.17, 15) is 9.18 Å².